The molecular weight excluding hydrogens is 114 g/mol. The molecule has 0 aliphatic rings. The summed E-state index contributed by atoms with van der Waals surface area (Å²) in [6.07, 6.45) is 0. The van der Waals surface area contributed by atoms with Crippen LogP contribution in [-0.2, 0) is 0 Å². The van der Waals surface area contributed by atoms with Gasteiger partial charge in [0.25, 0.3) is 0 Å². The molecule has 0 unspecified atom stereocenters. The molecule has 0 amide bonds. The van der Waals surface area contributed by atoms with Crippen LogP contribution < -0.4 is 5.43 Å². The van der Waals surface area contributed by atoms with E-state index in [0.29, 0.717) is 0 Å². The van der Waals surface area contributed by atoms with Crippen molar-refractivity contribution in [3.63, 3.8) is 0 Å². The largest absolute Gasteiger partial charge is 0.287 e. The molecule has 0 aliphatic heterocycles. The molecule has 0 aliphatic carbocycles. The second-order valence-corrected chi connectivity index (χ2v) is 2.92. The van der Waals surface area contributed by atoms with Gasteiger partial charge in [-0.1, -0.05) is 5.22 Å². The van der Waals surface area contributed by atoms with Crippen LogP contribution in [0.15, 0.2) is 10.3 Å². The first-order valence-corrected chi connectivity index (χ1v) is 3.20. The molecular formula is C6H15N3. The van der Waals surface area contributed by atoms with Gasteiger partial charge in [0, 0.05) is 5.54 Å². The highest BCUT2D eigenvalue weighted by atomic mass is 15.4. The molecule has 0 aromatic heterocycles. The molecule has 0 rings (SSSR count). The maximum absolute atomic E-state index is 3.77. The summed E-state index contributed by atoms with van der Waals surface area (Å²) in [5, 5.41) is 7.51. The van der Waals surface area contributed by atoms with E-state index in [1.165, 1.54) is 0 Å². The molecule has 0 bridgehead atoms. The molecule has 0 aromatic carbocycles. The molecule has 54 valence electrons. The van der Waals surface area contributed by atoms with E-state index in [2.05, 4.69) is 15.8 Å². The molecule has 0 spiro atoms. The van der Waals surface area contributed by atoms with E-state index in [1.807, 2.05) is 27.7 Å². The summed E-state index contributed by atoms with van der Waals surface area (Å²) >= 11 is 0. The van der Waals surface area contributed by atoms with E-state index in [9.17, 15) is 0 Å². The van der Waals surface area contributed by atoms with Gasteiger partial charge >= 0.3 is 0 Å². The number of hydrogen-bond donors (Lipinski definition) is 1. The molecule has 3 heteroatoms. The topological polar surface area (TPSA) is 36.8 Å². The third-order valence-corrected chi connectivity index (χ3v) is 0.598. The Balaban J connectivity index is 3.38. The van der Waals surface area contributed by atoms with Crippen molar-refractivity contribution in [1.29, 1.82) is 0 Å². The highest BCUT2D eigenvalue weighted by Gasteiger charge is 2.05. The van der Waals surface area contributed by atoms with Crippen LogP contribution >= 0.6 is 0 Å². The highest BCUT2D eigenvalue weighted by Crippen LogP contribution is 1.97. The normalized spacial score (nSPS) is 12.4. The predicted octanol–water partition coefficient (Wildman–Crippen LogP) is 1.76. The van der Waals surface area contributed by atoms with Gasteiger partial charge in [-0.3, -0.25) is 5.43 Å². The number of hydrogen-bond acceptors (Lipinski definition) is 2. The minimum atomic E-state index is 0.0403. The van der Waals surface area contributed by atoms with Gasteiger partial charge in [-0.2, -0.15) is 5.11 Å². The number of nitrogens with one attached hydrogen (secondary N) is 1. The van der Waals surface area contributed by atoms with Crippen molar-refractivity contribution in [3.05, 3.63) is 0 Å². The maximum Gasteiger partial charge on any atom is 0.0592 e. The Morgan fingerprint density at radius 1 is 1.33 bits per heavy atom. The molecule has 0 fully saturated rings. The summed E-state index contributed by atoms with van der Waals surface area (Å²) in [6.45, 7) is 8.82. The van der Waals surface area contributed by atoms with Gasteiger partial charge in [0.05, 0.1) is 6.54 Å². The van der Waals surface area contributed by atoms with Crippen LogP contribution in [0.3, 0.4) is 0 Å². The smallest absolute Gasteiger partial charge is 0.0592 e. The van der Waals surface area contributed by atoms with Crippen molar-refractivity contribution in [2.45, 2.75) is 33.2 Å². The van der Waals surface area contributed by atoms with Gasteiger partial charge in [-0.15, -0.1) is 0 Å². The van der Waals surface area contributed by atoms with Gasteiger partial charge < -0.3 is 0 Å². The first-order valence-electron chi connectivity index (χ1n) is 3.20. The quantitative estimate of drug-likeness (QED) is 0.447. The molecule has 1 N–H and O–H groups in total. The van der Waals surface area contributed by atoms with Gasteiger partial charge in [-0.25, -0.2) is 0 Å². The second kappa shape index (κ2) is 3.43. The predicted molar refractivity (Wildman–Crippen MR) is 38.3 cm³/mol. The zero-order valence-corrected chi connectivity index (χ0v) is 6.60. The lowest BCUT2D eigenvalue weighted by molar-refractivity contribution is 0.423. The van der Waals surface area contributed by atoms with E-state index in [1.54, 1.807) is 0 Å². The van der Waals surface area contributed by atoms with Crippen LogP contribution in [0.5, 0.6) is 0 Å². The lowest BCUT2D eigenvalue weighted by Gasteiger charge is -2.15. The Morgan fingerprint density at radius 2 is 1.89 bits per heavy atom. The number of nitrogens with zero attached hydrogens (tertiary/aromatic N) is 2. The van der Waals surface area contributed by atoms with E-state index >= 15 is 0 Å². The Kier molecular flexibility index (Phi) is 3.20. The zero-order valence-electron chi connectivity index (χ0n) is 6.60. The third kappa shape index (κ3) is 7.40. The average molecular weight is 129 g/mol. The number of rotatable bonds is 2. The van der Waals surface area contributed by atoms with Crippen LogP contribution in [-0.4, -0.2) is 12.1 Å². The average Bonchev–Trinajstić information content (AvgIpc) is 1.63. The van der Waals surface area contributed by atoms with E-state index in [4.69, 9.17) is 0 Å². The Bertz CT molecular complexity index is 91.0. The van der Waals surface area contributed by atoms with Crippen molar-refractivity contribution in [2.75, 3.05) is 6.54 Å². The summed E-state index contributed by atoms with van der Waals surface area (Å²) < 4.78 is 0. The SMILES string of the molecule is CCN=NNC(C)(C)C. The Hall–Kier alpha value is -0.600. The summed E-state index contributed by atoms with van der Waals surface area (Å²) in [6, 6.07) is 0. The van der Waals surface area contributed by atoms with Crippen LogP contribution in [0, 0.1) is 0 Å². The zero-order chi connectivity index (χ0) is 7.33. The second-order valence-electron chi connectivity index (χ2n) is 2.92. The summed E-state index contributed by atoms with van der Waals surface area (Å²) in [5.41, 5.74) is 2.92. The Labute approximate surface area is 56.5 Å². The van der Waals surface area contributed by atoms with Crippen molar-refractivity contribution >= 4 is 0 Å². The lowest BCUT2D eigenvalue weighted by atomic mass is 10.1. The molecule has 0 aromatic rings. The summed E-state index contributed by atoms with van der Waals surface area (Å²) in [5.74, 6) is 0. The molecule has 0 atom stereocenters. The van der Waals surface area contributed by atoms with E-state index in [0.717, 1.165) is 6.54 Å². The monoisotopic (exact) mass is 129 g/mol. The van der Waals surface area contributed by atoms with Crippen LogP contribution in [0.4, 0.5) is 0 Å². The third-order valence-electron chi connectivity index (χ3n) is 0.598. The van der Waals surface area contributed by atoms with Crippen LogP contribution in [0.2, 0.25) is 0 Å². The van der Waals surface area contributed by atoms with Crippen molar-refractivity contribution < 1.29 is 0 Å². The molecule has 0 heterocycles. The van der Waals surface area contributed by atoms with Crippen molar-refractivity contribution in [3.8, 4) is 0 Å². The molecule has 0 saturated heterocycles. The first-order chi connectivity index (χ1) is 4.06. The van der Waals surface area contributed by atoms with Gasteiger partial charge in [-0.05, 0) is 27.7 Å². The fourth-order valence-electron chi connectivity index (χ4n) is 0.256. The fraction of sp³-hybridized carbons (Fsp3) is 1.00. The molecule has 0 radical (unpaired) electrons. The highest BCUT2D eigenvalue weighted by molar-refractivity contribution is 4.65. The van der Waals surface area contributed by atoms with E-state index in [-0.39, 0.29) is 5.54 Å². The first kappa shape index (κ1) is 8.40. The molecule has 3 nitrogen and oxygen atoms in total. The van der Waals surface area contributed by atoms with Gasteiger partial charge in [0.2, 0.25) is 0 Å². The maximum atomic E-state index is 3.77. The summed E-state index contributed by atoms with van der Waals surface area (Å²) in [4.78, 5) is 0. The summed E-state index contributed by atoms with van der Waals surface area (Å²) in [7, 11) is 0. The van der Waals surface area contributed by atoms with E-state index < -0.39 is 0 Å². The lowest BCUT2D eigenvalue weighted by Crippen LogP contribution is -2.30. The van der Waals surface area contributed by atoms with Gasteiger partial charge in [0.15, 0.2) is 0 Å². The standard InChI is InChI=1S/C6H15N3/c1-5-7-9-8-6(2,3)4/h5H2,1-4H3,(H,7,8). The van der Waals surface area contributed by atoms with Crippen LogP contribution in [0.1, 0.15) is 27.7 Å². The molecule has 9 heavy (non-hydrogen) atoms. The minimum Gasteiger partial charge on any atom is -0.287 e. The van der Waals surface area contributed by atoms with Crippen LogP contribution in [0.25, 0.3) is 0 Å². The van der Waals surface area contributed by atoms with Crippen molar-refractivity contribution in [2.24, 2.45) is 10.3 Å². The molecule has 0 saturated carbocycles. The Morgan fingerprint density at radius 3 is 2.22 bits per heavy atom. The fourth-order valence-corrected chi connectivity index (χ4v) is 0.256. The van der Waals surface area contributed by atoms with Crippen molar-refractivity contribution in [1.82, 2.24) is 5.43 Å². The minimum absolute atomic E-state index is 0.0403. The van der Waals surface area contributed by atoms with Gasteiger partial charge in [0.1, 0.15) is 0 Å².